The summed E-state index contributed by atoms with van der Waals surface area (Å²) >= 11 is 0. The van der Waals surface area contributed by atoms with Gasteiger partial charge >= 0.3 is 5.97 Å². The van der Waals surface area contributed by atoms with E-state index in [1.54, 1.807) is 27.0 Å². The molecular weight excluding hydrogens is 308 g/mol. The van der Waals surface area contributed by atoms with Gasteiger partial charge in [-0.25, -0.2) is 0 Å². The molecule has 1 aromatic rings. The van der Waals surface area contributed by atoms with Crippen LogP contribution in [0.15, 0.2) is 36.5 Å². The minimum Gasteiger partial charge on any atom is -0.465 e. The fourth-order valence-electron chi connectivity index (χ4n) is 2.71. The molecule has 0 N–H and O–H groups in total. The number of esters is 1. The topological polar surface area (TPSA) is 66.9 Å². The summed E-state index contributed by atoms with van der Waals surface area (Å²) in [6, 6.07) is 9.18. The second-order valence-electron chi connectivity index (χ2n) is 6.02. The predicted octanol–water partition coefficient (Wildman–Crippen LogP) is 2.02. The number of ether oxygens (including phenoxy) is 1. The lowest BCUT2D eigenvalue weighted by Crippen LogP contribution is -2.59. The summed E-state index contributed by atoms with van der Waals surface area (Å²) in [5.74, 6) is -1.05. The fourth-order valence-corrected chi connectivity index (χ4v) is 2.71. The Labute approximate surface area is 141 Å². The van der Waals surface area contributed by atoms with E-state index in [1.165, 1.54) is 16.7 Å². The van der Waals surface area contributed by atoms with E-state index < -0.39 is 11.5 Å². The van der Waals surface area contributed by atoms with Crippen LogP contribution < -0.4 is 0 Å². The van der Waals surface area contributed by atoms with E-state index in [1.807, 2.05) is 30.3 Å². The first-order chi connectivity index (χ1) is 11.3. The predicted molar refractivity (Wildman–Crippen MR) is 89.4 cm³/mol. The normalized spacial score (nSPS) is 16.7. The number of amides is 2. The molecule has 0 unspecified atom stereocenters. The highest BCUT2D eigenvalue weighted by Crippen LogP contribution is 2.32. The van der Waals surface area contributed by atoms with Crippen LogP contribution in [0.1, 0.15) is 33.3 Å². The molecule has 0 atom stereocenters. The Balaban J connectivity index is 2.52. The van der Waals surface area contributed by atoms with E-state index in [0.717, 1.165) is 5.56 Å². The van der Waals surface area contributed by atoms with Crippen LogP contribution in [0.5, 0.6) is 0 Å². The smallest absolute Gasteiger partial charge is 0.326 e. The summed E-state index contributed by atoms with van der Waals surface area (Å²) in [4.78, 5) is 39.7. The monoisotopic (exact) mass is 330 g/mol. The highest BCUT2D eigenvalue weighted by Gasteiger charge is 2.44. The molecule has 1 aromatic carbocycles. The summed E-state index contributed by atoms with van der Waals surface area (Å²) in [5, 5.41) is 0. The van der Waals surface area contributed by atoms with Crippen LogP contribution in [0.25, 0.3) is 5.70 Å². The van der Waals surface area contributed by atoms with E-state index in [2.05, 4.69) is 0 Å². The van der Waals surface area contributed by atoms with Gasteiger partial charge in [-0.05, 0) is 26.3 Å². The van der Waals surface area contributed by atoms with Crippen molar-refractivity contribution < 1.29 is 19.1 Å². The third kappa shape index (κ3) is 3.32. The zero-order chi connectivity index (χ0) is 17.9. The Hall–Kier alpha value is -2.63. The Morgan fingerprint density at radius 1 is 1.17 bits per heavy atom. The molecule has 24 heavy (non-hydrogen) atoms. The van der Waals surface area contributed by atoms with Gasteiger partial charge in [0.1, 0.15) is 12.1 Å². The number of hydrogen-bond acceptors (Lipinski definition) is 4. The molecule has 0 saturated heterocycles. The van der Waals surface area contributed by atoms with Gasteiger partial charge in [0, 0.05) is 13.1 Å². The van der Waals surface area contributed by atoms with E-state index >= 15 is 0 Å². The molecule has 0 radical (unpaired) electrons. The van der Waals surface area contributed by atoms with Crippen LogP contribution in [0.2, 0.25) is 0 Å². The molecule has 6 heteroatoms. The number of hydrogen-bond donors (Lipinski definition) is 0. The van der Waals surface area contributed by atoms with Gasteiger partial charge in [-0.15, -0.1) is 0 Å². The molecule has 1 aliphatic heterocycles. The van der Waals surface area contributed by atoms with Gasteiger partial charge in [-0.1, -0.05) is 30.3 Å². The third-order valence-corrected chi connectivity index (χ3v) is 3.91. The lowest BCUT2D eigenvalue weighted by molar-refractivity contribution is -0.153. The molecule has 0 aliphatic carbocycles. The maximum Gasteiger partial charge on any atom is 0.326 e. The van der Waals surface area contributed by atoms with Gasteiger partial charge in [-0.2, -0.15) is 0 Å². The fraction of sp³-hybridized carbons (Fsp3) is 0.389. The first-order valence-electron chi connectivity index (χ1n) is 7.83. The summed E-state index contributed by atoms with van der Waals surface area (Å²) in [5.41, 5.74) is 0.177. The maximum atomic E-state index is 13.0. The molecular formula is C18H22N2O4. The van der Waals surface area contributed by atoms with Crippen LogP contribution >= 0.6 is 0 Å². The number of carbonyl (C=O) groups excluding carboxylic acids is 3. The molecule has 0 fully saturated rings. The van der Waals surface area contributed by atoms with E-state index in [4.69, 9.17) is 4.74 Å². The van der Waals surface area contributed by atoms with Crippen LogP contribution in [0.3, 0.4) is 0 Å². The van der Waals surface area contributed by atoms with Crippen molar-refractivity contribution >= 4 is 23.5 Å². The summed E-state index contributed by atoms with van der Waals surface area (Å²) in [7, 11) is 0. The van der Waals surface area contributed by atoms with Crippen LogP contribution in [0, 0.1) is 0 Å². The summed E-state index contributed by atoms with van der Waals surface area (Å²) in [6.07, 6.45) is 1.62. The van der Waals surface area contributed by atoms with Crippen molar-refractivity contribution in [3.8, 4) is 0 Å². The Morgan fingerprint density at radius 2 is 1.79 bits per heavy atom. The molecule has 128 valence electrons. The van der Waals surface area contributed by atoms with Crippen LogP contribution in [-0.2, 0) is 19.1 Å². The number of rotatable bonds is 4. The zero-order valence-electron chi connectivity index (χ0n) is 14.4. The number of carbonyl (C=O) groups is 3. The molecule has 1 heterocycles. The van der Waals surface area contributed by atoms with Gasteiger partial charge in [-0.3, -0.25) is 19.3 Å². The molecule has 0 saturated carbocycles. The van der Waals surface area contributed by atoms with Crippen LogP contribution in [-0.4, -0.2) is 46.3 Å². The lowest BCUT2D eigenvalue weighted by Gasteiger charge is -2.43. The third-order valence-electron chi connectivity index (χ3n) is 3.91. The van der Waals surface area contributed by atoms with Crippen molar-refractivity contribution in [1.82, 2.24) is 9.80 Å². The van der Waals surface area contributed by atoms with Crippen molar-refractivity contribution in [3.05, 3.63) is 42.1 Å². The highest BCUT2D eigenvalue weighted by atomic mass is 16.5. The Kier molecular flexibility index (Phi) is 5.07. The largest absolute Gasteiger partial charge is 0.465 e. The van der Waals surface area contributed by atoms with Crippen LogP contribution in [0.4, 0.5) is 0 Å². The summed E-state index contributed by atoms with van der Waals surface area (Å²) < 4.78 is 4.98. The second-order valence-corrected chi connectivity index (χ2v) is 6.02. The Bertz CT molecular complexity index is 680. The average molecular weight is 330 g/mol. The van der Waals surface area contributed by atoms with Gasteiger partial charge in [0.15, 0.2) is 0 Å². The second kappa shape index (κ2) is 6.86. The number of benzene rings is 1. The molecule has 2 rings (SSSR count). The van der Waals surface area contributed by atoms with E-state index in [9.17, 15) is 14.4 Å². The highest BCUT2D eigenvalue weighted by molar-refractivity contribution is 6.00. The molecule has 0 bridgehead atoms. The molecule has 2 amide bonds. The quantitative estimate of drug-likeness (QED) is 0.792. The number of nitrogens with zero attached hydrogens (tertiary/aromatic N) is 2. The standard InChI is InChI=1S/C18H22N2O4/c1-5-24-16(22)12-19-15(14-9-7-6-8-10-14)11-20(13(2)21)18(3,4)17(19)23/h6-11H,5,12H2,1-4H3. The zero-order valence-corrected chi connectivity index (χ0v) is 14.4. The average Bonchev–Trinajstić information content (AvgIpc) is 2.53. The van der Waals surface area contributed by atoms with Crippen molar-refractivity contribution in [2.45, 2.75) is 33.2 Å². The van der Waals surface area contributed by atoms with Gasteiger partial charge in [0.05, 0.1) is 12.3 Å². The maximum absolute atomic E-state index is 13.0. The minimum atomic E-state index is -1.07. The van der Waals surface area contributed by atoms with Gasteiger partial charge in [0.2, 0.25) is 5.91 Å². The van der Waals surface area contributed by atoms with Crippen molar-refractivity contribution in [1.29, 1.82) is 0 Å². The molecule has 0 spiro atoms. The minimum absolute atomic E-state index is 0.192. The SMILES string of the molecule is CCOC(=O)CN1C(=O)C(C)(C)N(C(C)=O)C=C1c1ccccc1. The van der Waals surface area contributed by atoms with E-state index in [-0.39, 0.29) is 25.0 Å². The van der Waals surface area contributed by atoms with Crippen molar-refractivity contribution in [2.75, 3.05) is 13.2 Å². The molecule has 1 aliphatic rings. The van der Waals surface area contributed by atoms with Crippen molar-refractivity contribution in [2.24, 2.45) is 0 Å². The summed E-state index contributed by atoms with van der Waals surface area (Å²) in [6.45, 7) is 6.50. The first-order valence-corrected chi connectivity index (χ1v) is 7.83. The van der Waals surface area contributed by atoms with Gasteiger partial charge in [0.25, 0.3) is 5.91 Å². The Morgan fingerprint density at radius 3 is 2.33 bits per heavy atom. The van der Waals surface area contributed by atoms with Gasteiger partial charge < -0.3 is 9.64 Å². The molecule has 6 nitrogen and oxygen atoms in total. The lowest BCUT2D eigenvalue weighted by atomic mass is 9.96. The first kappa shape index (κ1) is 17.7. The van der Waals surface area contributed by atoms with E-state index in [0.29, 0.717) is 5.70 Å². The molecule has 0 aromatic heterocycles. The van der Waals surface area contributed by atoms with Crippen molar-refractivity contribution in [3.63, 3.8) is 0 Å².